The van der Waals surface area contributed by atoms with E-state index in [9.17, 15) is 5.11 Å². The molecule has 0 saturated carbocycles. The third-order valence-corrected chi connectivity index (χ3v) is 4.32. The first-order valence-corrected chi connectivity index (χ1v) is 7.96. The van der Waals surface area contributed by atoms with Crippen molar-refractivity contribution in [3.05, 3.63) is 54.4 Å². The number of nitrogens with zero attached hydrogens (tertiary/aromatic N) is 3. The number of pyridine rings is 1. The molecule has 2 heterocycles. The van der Waals surface area contributed by atoms with E-state index in [-0.39, 0.29) is 0 Å². The highest BCUT2D eigenvalue weighted by molar-refractivity contribution is 5.58. The Balaban J connectivity index is 1.56. The van der Waals surface area contributed by atoms with Crippen LogP contribution in [0.5, 0.6) is 5.75 Å². The summed E-state index contributed by atoms with van der Waals surface area (Å²) in [6, 6.07) is 11.9. The van der Waals surface area contributed by atoms with Gasteiger partial charge in [-0.1, -0.05) is 12.1 Å². The maximum Gasteiger partial charge on any atom is 0.142 e. The normalized spacial score (nSPS) is 17.0. The van der Waals surface area contributed by atoms with Crippen molar-refractivity contribution < 1.29 is 9.84 Å². The first kappa shape index (κ1) is 15.8. The number of hydrogen-bond acceptors (Lipinski definition) is 5. The second-order valence-electron chi connectivity index (χ2n) is 5.76. The smallest absolute Gasteiger partial charge is 0.142 e. The Kier molecular flexibility index (Phi) is 5.10. The summed E-state index contributed by atoms with van der Waals surface area (Å²) in [4.78, 5) is 8.64. The van der Waals surface area contributed by atoms with Crippen LogP contribution in [-0.2, 0) is 0 Å². The van der Waals surface area contributed by atoms with Gasteiger partial charge in [-0.25, -0.2) is 0 Å². The number of anilines is 1. The van der Waals surface area contributed by atoms with E-state index in [1.165, 1.54) is 0 Å². The van der Waals surface area contributed by atoms with Crippen LogP contribution >= 0.6 is 0 Å². The number of ether oxygens (including phenoxy) is 1. The van der Waals surface area contributed by atoms with Gasteiger partial charge in [0.2, 0.25) is 0 Å². The molecule has 1 saturated heterocycles. The molecule has 1 N–H and O–H groups in total. The summed E-state index contributed by atoms with van der Waals surface area (Å²) in [5.74, 6) is 0.915. The van der Waals surface area contributed by atoms with Crippen LogP contribution in [-0.4, -0.2) is 54.8 Å². The van der Waals surface area contributed by atoms with E-state index in [4.69, 9.17) is 4.74 Å². The van der Waals surface area contributed by atoms with Crippen LogP contribution < -0.4 is 9.64 Å². The SMILES string of the molecule is COc1ccccc1N1CCN(CC(O)c2ccncc2)CC1. The van der Waals surface area contributed by atoms with Crippen molar-refractivity contribution in [1.29, 1.82) is 0 Å². The van der Waals surface area contributed by atoms with E-state index >= 15 is 0 Å². The zero-order chi connectivity index (χ0) is 16.1. The molecule has 23 heavy (non-hydrogen) atoms. The molecule has 0 amide bonds. The quantitative estimate of drug-likeness (QED) is 0.914. The molecular formula is C18H23N3O2. The van der Waals surface area contributed by atoms with Crippen molar-refractivity contribution >= 4 is 5.69 Å². The van der Waals surface area contributed by atoms with Crippen LogP contribution in [0.4, 0.5) is 5.69 Å². The molecule has 1 aromatic heterocycles. The molecule has 1 fully saturated rings. The first-order valence-electron chi connectivity index (χ1n) is 7.96. The average molecular weight is 313 g/mol. The fraction of sp³-hybridized carbons (Fsp3) is 0.389. The molecule has 0 aliphatic carbocycles. The first-order chi connectivity index (χ1) is 11.3. The molecule has 0 bridgehead atoms. The Morgan fingerprint density at radius 1 is 1.09 bits per heavy atom. The molecule has 0 radical (unpaired) electrons. The minimum atomic E-state index is -0.462. The Morgan fingerprint density at radius 3 is 2.48 bits per heavy atom. The van der Waals surface area contributed by atoms with Gasteiger partial charge in [0.15, 0.2) is 0 Å². The number of methoxy groups -OCH3 is 1. The van der Waals surface area contributed by atoms with Gasteiger partial charge in [0.1, 0.15) is 5.75 Å². The van der Waals surface area contributed by atoms with Gasteiger partial charge in [0.05, 0.1) is 18.9 Å². The van der Waals surface area contributed by atoms with Gasteiger partial charge in [0, 0.05) is 45.1 Å². The van der Waals surface area contributed by atoms with Gasteiger partial charge < -0.3 is 14.7 Å². The third kappa shape index (κ3) is 3.81. The fourth-order valence-corrected chi connectivity index (χ4v) is 3.00. The number of β-amino-alcohol motifs (C(OH)–C–C–N with tert-alkyl or cyclic N) is 1. The fourth-order valence-electron chi connectivity index (χ4n) is 3.00. The Morgan fingerprint density at radius 2 is 1.78 bits per heavy atom. The summed E-state index contributed by atoms with van der Waals surface area (Å²) in [6.07, 6.45) is 2.98. The molecule has 122 valence electrons. The van der Waals surface area contributed by atoms with Crippen LogP contribution in [0, 0.1) is 0 Å². The lowest BCUT2D eigenvalue weighted by atomic mass is 10.1. The zero-order valence-electron chi connectivity index (χ0n) is 13.4. The Hall–Kier alpha value is -2.11. The minimum Gasteiger partial charge on any atom is -0.495 e. The topological polar surface area (TPSA) is 48.8 Å². The van der Waals surface area contributed by atoms with Gasteiger partial charge in [-0.15, -0.1) is 0 Å². The zero-order valence-corrected chi connectivity index (χ0v) is 13.4. The summed E-state index contributed by atoms with van der Waals surface area (Å²) in [5.41, 5.74) is 2.07. The van der Waals surface area contributed by atoms with Crippen molar-refractivity contribution in [2.24, 2.45) is 0 Å². The molecule has 0 spiro atoms. The maximum atomic E-state index is 10.3. The molecule has 1 unspecified atom stereocenters. The monoisotopic (exact) mass is 313 g/mol. The van der Waals surface area contributed by atoms with E-state index in [1.807, 2.05) is 30.3 Å². The minimum absolute atomic E-state index is 0.462. The number of rotatable bonds is 5. The molecule has 1 aliphatic heterocycles. The number of aliphatic hydroxyl groups is 1. The standard InChI is InChI=1S/C18H23N3O2/c1-23-18-5-3-2-4-16(18)21-12-10-20(11-13-21)14-17(22)15-6-8-19-9-7-15/h2-9,17,22H,10-14H2,1H3. The summed E-state index contributed by atoms with van der Waals surface area (Å²) < 4.78 is 5.45. The Labute approximate surface area is 137 Å². The number of hydrogen-bond donors (Lipinski definition) is 1. The molecule has 5 heteroatoms. The summed E-state index contributed by atoms with van der Waals surface area (Å²) in [6.45, 7) is 4.39. The van der Waals surface area contributed by atoms with Gasteiger partial charge in [-0.2, -0.15) is 0 Å². The Bertz CT molecular complexity index is 613. The molecule has 2 aromatic rings. The summed E-state index contributed by atoms with van der Waals surface area (Å²) >= 11 is 0. The van der Waals surface area contributed by atoms with E-state index in [0.717, 1.165) is 43.2 Å². The lowest BCUT2D eigenvalue weighted by Gasteiger charge is -2.37. The number of para-hydroxylation sites is 2. The third-order valence-electron chi connectivity index (χ3n) is 4.32. The second-order valence-corrected chi connectivity index (χ2v) is 5.76. The molecule has 1 aliphatic rings. The number of aliphatic hydroxyl groups excluding tert-OH is 1. The maximum absolute atomic E-state index is 10.3. The van der Waals surface area contributed by atoms with Crippen LogP contribution in [0.3, 0.4) is 0 Å². The second kappa shape index (κ2) is 7.44. The molecule has 1 aromatic carbocycles. The predicted molar refractivity (Wildman–Crippen MR) is 90.8 cm³/mol. The largest absolute Gasteiger partial charge is 0.495 e. The van der Waals surface area contributed by atoms with E-state index in [0.29, 0.717) is 6.54 Å². The van der Waals surface area contributed by atoms with E-state index < -0.39 is 6.10 Å². The highest BCUT2D eigenvalue weighted by atomic mass is 16.5. The van der Waals surface area contributed by atoms with Gasteiger partial charge >= 0.3 is 0 Å². The van der Waals surface area contributed by atoms with Crippen LogP contribution in [0.15, 0.2) is 48.8 Å². The number of piperazine rings is 1. The lowest BCUT2D eigenvalue weighted by molar-refractivity contribution is 0.109. The predicted octanol–water partition coefficient (Wildman–Crippen LogP) is 1.95. The van der Waals surface area contributed by atoms with Crippen molar-refractivity contribution in [3.63, 3.8) is 0 Å². The highest BCUT2D eigenvalue weighted by Gasteiger charge is 2.21. The number of aromatic nitrogens is 1. The molecule has 1 atom stereocenters. The van der Waals surface area contributed by atoms with Crippen molar-refractivity contribution in [1.82, 2.24) is 9.88 Å². The van der Waals surface area contributed by atoms with Crippen molar-refractivity contribution in [2.45, 2.75) is 6.10 Å². The van der Waals surface area contributed by atoms with Crippen LogP contribution in [0.1, 0.15) is 11.7 Å². The number of benzene rings is 1. The average Bonchev–Trinajstić information content (AvgIpc) is 2.63. The lowest BCUT2D eigenvalue weighted by Crippen LogP contribution is -2.47. The molecule has 5 nitrogen and oxygen atoms in total. The van der Waals surface area contributed by atoms with Crippen molar-refractivity contribution in [3.8, 4) is 5.75 Å². The van der Waals surface area contributed by atoms with Crippen LogP contribution in [0.2, 0.25) is 0 Å². The molecular weight excluding hydrogens is 290 g/mol. The summed E-state index contributed by atoms with van der Waals surface area (Å²) in [7, 11) is 1.71. The van der Waals surface area contributed by atoms with Gasteiger partial charge in [-0.3, -0.25) is 9.88 Å². The van der Waals surface area contributed by atoms with E-state index in [2.05, 4.69) is 20.9 Å². The summed E-state index contributed by atoms with van der Waals surface area (Å²) in [5, 5.41) is 10.3. The van der Waals surface area contributed by atoms with Crippen LogP contribution in [0.25, 0.3) is 0 Å². The van der Waals surface area contributed by atoms with E-state index in [1.54, 1.807) is 19.5 Å². The van der Waals surface area contributed by atoms with Crippen molar-refractivity contribution in [2.75, 3.05) is 44.7 Å². The van der Waals surface area contributed by atoms with Gasteiger partial charge in [-0.05, 0) is 29.8 Å². The highest BCUT2D eigenvalue weighted by Crippen LogP contribution is 2.28. The molecule has 3 rings (SSSR count). The van der Waals surface area contributed by atoms with Gasteiger partial charge in [0.25, 0.3) is 0 Å².